The van der Waals surface area contributed by atoms with Gasteiger partial charge in [0.2, 0.25) is 0 Å². The van der Waals surface area contributed by atoms with Crippen molar-refractivity contribution in [3.63, 3.8) is 0 Å². The van der Waals surface area contributed by atoms with E-state index in [1.54, 1.807) is 0 Å². The van der Waals surface area contributed by atoms with Crippen molar-refractivity contribution in [2.45, 2.75) is 68.7 Å². The Balaban J connectivity index is 1.92. The van der Waals surface area contributed by atoms with E-state index in [9.17, 15) is 9.59 Å². The number of aliphatic carboxylic acids is 1. The molecule has 2 rings (SSSR count). The SMILES string of the molecule is CC(=O)OCc1cc(Cl)cc(CC[C@H]2C(Cl)C(Br)C[C@@H]2C/C=C\CCCC(=O)O)c1. The molecule has 1 fully saturated rings. The zero-order chi connectivity index (χ0) is 22.1. The number of carboxylic acid groups (broad SMARTS) is 1. The van der Waals surface area contributed by atoms with E-state index in [0.29, 0.717) is 28.1 Å². The molecule has 0 spiro atoms. The first-order valence-electron chi connectivity index (χ1n) is 10.3. The van der Waals surface area contributed by atoms with Crippen LogP contribution in [0.4, 0.5) is 0 Å². The quantitative estimate of drug-likeness (QED) is 0.156. The van der Waals surface area contributed by atoms with Gasteiger partial charge in [0, 0.05) is 28.6 Å². The highest BCUT2D eigenvalue weighted by atomic mass is 79.9. The highest BCUT2D eigenvalue weighted by Gasteiger charge is 2.39. The smallest absolute Gasteiger partial charge is 0.303 e. The van der Waals surface area contributed by atoms with E-state index >= 15 is 0 Å². The number of rotatable bonds is 11. The predicted molar refractivity (Wildman–Crippen MR) is 124 cm³/mol. The number of hydrogen-bond acceptors (Lipinski definition) is 3. The van der Waals surface area contributed by atoms with Gasteiger partial charge in [-0.05, 0) is 73.6 Å². The monoisotopic (exact) mass is 518 g/mol. The molecule has 0 amide bonds. The molecule has 0 bridgehead atoms. The topological polar surface area (TPSA) is 63.6 Å². The van der Waals surface area contributed by atoms with Gasteiger partial charge in [0.15, 0.2) is 0 Å². The van der Waals surface area contributed by atoms with Crippen LogP contribution in [-0.4, -0.2) is 27.2 Å². The van der Waals surface area contributed by atoms with Crippen LogP contribution in [0.3, 0.4) is 0 Å². The molecule has 166 valence electrons. The number of carbonyl (C=O) groups is 2. The molecule has 0 aromatic heterocycles. The molecule has 4 nitrogen and oxygen atoms in total. The summed E-state index contributed by atoms with van der Waals surface area (Å²) >= 11 is 16.7. The van der Waals surface area contributed by atoms with Crippen molar-refractivity contribution in [1.82, 2.24) is 0 Å². The number of hydrogen-bond donors (Lipinski definition) is 1. The van der Waals surface area contributed by atoms with Crippen LogP contribution in [-0.2, 0) is 27.4 Å². The van der Waals surface area contributed by atoms with Gasteiger partial charge in [-0.15, -0.1) is 11.6 Å². The number of aryl methyl sites for hydroxylation is 1. The predicted octanol–water partition coefficient (Wildman–Crippen LogP) is 6.54. The van der Waals surface area contributed by atoms with E-state index in [1.165, 1.54) is 6.92 Å². The Labute approximate surface area is 197 Å². The Morgan fingerprint density at radius 2 is 2.00 bits per heavy atom. The summed E-state index contributed by atoms with van der Waals surface area (Å²) in [5, 5.41) is 9.42. The molecule has 0 radical (unpaired) electrons. The fraction of sp³-hybridized carbons (Fsp3) is 0.565. The summed E-state index contributed by atoms with van der Waals surface area (Å²) in [6.45, 7) is 1.62. The second-order valence-corrected chi connectivity index (χ2v) is 10.0. The third-order valence-corrected chi connectivity index (χ3v) is 7.57. The number of alkyl halides is 2. The molecule has 1 aromatic carbocycles. The van der Waals surface area contributed by atoms with Crippen LogP contribution in [0.15, 0.2) is 30.4 Å². The van der Waals surface area contributed by atoms with Crippen LogP contribution < -0.4 is 0 Å². The molecule has 2 unspecified atom stereocenters. The summed E-state index contributed by atoms with van der Waals surface area (Å²) in [6, 6.07) is 5.82. The zero-order valence-electron chi connectivity index (χ0n) is 17.2. The lowest BCUT2D eigenvalue weighted by atomic mass is 9.87. The van der Waals surface area contributed by atoms with E-state index in [-0.39, 0.29) is 24.4 Å². The van der Waals surface area contributed by atoms with Crippen LogP contribution >= 0.6 is 39.1 Å². The summed E-state index contributed by atoms with van der Waals surface area (Å²) in [5.41, 5.74) is 2.01. The zero-order valence-corrected chi connectivity index (χ0v) is 20.3. The minimum absolute atomic E-state index is 0.0788. The minimum atomic E-state index is -0.747. The van der Waals surface area contributed by atoms with Gasteiger partial charge in [-0.3, -0.25) is 9.59 Å². The Hall–Kier alpha value is -1.04. The van der Waals surface area contributed by atoms with Gasteiger partial charge in [0.25, 0.3) is 0 Å². The largest absolute Gasteiger partial charge is 0.481 e. The van der Waals surface area contributed by atoms with E-state index in [2.05, 4.69) is 28.1 Å². The number of ether oxygens (including phenoxy) is 1. The van der Waals surface area contributed by atoms with Crippen LogP contribution in [0.25, 0.3) is 0 Å². The maximum Gasteiger partial charge on any atom is 0.303 e. The number of benzene rings is 1. The Morgan fingerprint density at radius 3 is 2.70 bits per heavy atom. The average molecular weight is 520 g/mol. The normalized spacial score (nSPS) is 23.7. The van der Waals surface area contributed by atoms with E-state index in [1.807, 2.05) is 18.2 Å². The van der Waals surface area contributed by atoms with Crippen molar-refractivity contribution in [1.29, 1.82) is 0 Å². The van der Waals surface area contributed by atoms with Crippen molar-refractivity contribution in [2.24, 2.45) is 11.8 Å². The van der Waals surface area contributed by atoms with Gasteiger partial charge in [-0.1, -0.05) is 45.7 Å². The number of esters is 1. The van der Waals surface area contributed by atoms with E-state index in [4.69, 9.17) is 33.0 Å². The molecule has 30 heavy (non-hydrogen) atoms. The lowest BCUT2D eigenvalue weighted by Crippen LogP contribution is -2.18. The Bertz CT molecular complexity index is 753. The maximum absolute atomic E-state index is 11.1. The van der Waals surface area contributed by atoms with Gasteiger partial charge in [0.05, 0.1) is 0 Å². The van der Waals surface area contributed by atoms with Crippen molar-refractivity contribution in [2.75, 3.05) is 0 Å². The lowest BCUT2D eigenvalue weighted by Gasteiger charge is -2.21. The van der Waals surface area contributed by atoms with Crippen LogP contribution in [0.5, 0.6) is 0 Å². The van der Waals surface area contributed by atoms with Crippen LogP contribution in [0, 0.1) is 11.8 Å². The number of carboxylic acids is 1. The summed E-state index contributed by atoms with van der Waals surface area (Å²) in [5.74, 6) is -0.180. The highest BCUT2D eigenvalue weighted by molar-refractivity contribution is 9.09. The molecule has 4 atom stereocenters. The van der Waals surface area contributed by atoms with Gasteiger partial charge in [0.1, 0.15) is 6.61 Å². The molecular weight excluding hydrogens is 491 g/mol. The fourth-order valence-corrected chi connectivity index (χ4v) is 5.60. The van der Waals surface area contributed by atoms with Gasteiger partial charge < -0.3 is 9.84 Å². The molecule has 1 aliphatic rings. The molecule has 7 heteroatoms. The second kappa shape index (κ2) is 12.7. The summed E-state index contributed by atoms with van der Waals surface area (Å²) < 4.78 is 5.08. The lowest BCUT2D eigenvalue weighted by molar-refractivity contribution is -0.142. The fourth-order valence-electron chi connectivity index (χ4n) is 4.01. The summed E-state index contributed by atoms with van der Waals surface area (Å²) in [4.78, 5) is 21.9. The molecule has 0 aliphatic heterocycles. The number of unbranched alkanes of at least 4 members (excludes halogenated alkanes) is 1. The molecule has 1 saturated carbocycles. The molecule has 1 N–H and O–H groups in total. The number of carbonyl (C=O) groups excluding carboxylic acids is 1. The Morgan fingerprint density at radius 1 is 1.27 bits per heavy atom. The minimum Gasteiger partial charge on any atom is -0.481 e. The standard InChI is InChI=1S/C23H29BrCl2O4/c1-15(27)30-14-17-10-16(11-19(25)12-17)8-9-20-18(13-21(24)23(20)26)6-4-2-3-5-7-22(28)29/h2,4,10-12,18,20-21,23H,3,5-9,13-14H2,1H3,(H,28,29)/b4-2-/t18-,20+,21?,23?/m0/s1. The molecule has 0 heterocycles. The van der Waals surface area contributed by atoms with Crippen LogP contribution in [0.2, 0.25) is 5.02 Å². The summed E-state index contributed by atoms with van der Waals surface area (Å²) in [7, 11) is 0. The maximum atomic E-state index is 11.1. The Kier molecular flexibility index (Phi) is 10.7. The van der Waals surface area contributed by atoms with Gasteiger partial charge in [-0.2, -0.15) is 0 Å². The molecular formula is C23H29BrCl2O4. The first kappa shape index (κ1) is 25.2. The second-order valence-electron chi connectivity index (χ2n) is 7.90. The highest BCUT2D eigenvalue weighted by Crippen LogP contribution is 2.44. The third kappa shape index (κ3) is 8.60. The first-order chi connectivity index (χ1) is 14.3. The summed E-state index contributed by atoms with van der Waals surface area (Å²) in [6.07, 6.45) is 9.74. The van der Waals surface area contributed by atoms with Crippen molar-refractivity contribution >= 4 is 51.1 Å². The third-order valence-electron chi connectivity index (χ3n) is 5.48. The first-order valence-corrected chi connectivity index (χ1v) is 12.1. The molecule has 1 aliphatic carbocycles. The van der Waals surface area contributed by atoms with E-state index in [0.717, 1.165) is 43.2 Å². The number of halogens is 3. The van der Waals surface area contributed by atoms with Crippen LogP contribution in [0.1, 0.15) is 56.6 Å². The average Bonchev–Trinajstić information content (AvgIpc) is 2.94. The molecule has 1 aromatic rings. The van der Waals surface area contributed by atoms with Crippen molar-refractivity contribution in [3.8, 4) is 0 Å². The van der Waals surface area contributed by atoms with Crippen molar-refractivity contribution in [3.05, 3.63) is 46.5 Å². The number of allylic oxidation sites excluding steroid dienone is 2. The van der Waals surface area contributed by atoms with Gasteiger partial charge in [-0.25, -0.2) is 0 Å². The van der Waals surface area contributed by atoms with Gasteiger partial charge >= 0.3 is 11.9 Å². The van der Waals surface area contributed by atoms with E-state index < -0.39 is 5.97 Å². The van der Waals surface area contributed by atoms with Crippen molar-refractivity contribution < 1.29 is 19.4 Å². The molecule has 0 saturated heterocycles.